The average Bonchev–Trinajstić information content (AvgIpc) is 3.33. The quantitative estimate of drug-likeness (QED) is 0.492. The van der Waals surface area contributed by atoms with Crippen LogP contribution in [-0.2, 0) is 9.53 Å². The number of benzene rings is 2. The number of anilines is 3. The Morgan fingerprint density at radius 3 is 2.85 bits per heavy atom. The van der Waals surface area contributed by atoms with Gasteiger partial charge in [-0.25, -0.2) is 0 Å². The van der Waals surface area contributed by atoms with Crippen LogP contribution in [0.2, 0.25) is 0 Å². The van der Waals surface area contributed by atoms with Crippen LogP contribution in [0, 0.1) is 11.3 Å². The van der Waals surface area contributed by atoms with Crippen LogP contribution in [0.4, 0.5) is 17.1 Å². The zero-order valence-electron chi connectivity index (χ0n) is 19.2. The first-order chi connectivity index (χ1) is 16.5. The summed E-state index contributed by atoms with van der Waals surface area (Å²) in [5, 5.41) is 16.7. The van der Waals surface area contributed by atoms with E-state index in [9.17, 15) is 10.1 Å². The molecule has 1 aromatic heterocycles. The molecule has 0 radical (unpaired) electrons. The highest BCUT2D eigenvalue weighted by Crippen LogP contribution is 2.37. The van der Waals surface area contributed by atoms with Crippen molar-refractivity contribution >= 4 is 33.9 Å². The van der Waals surface area contributed by atoms with Gasteiger partial charge in [0.1, 0.15) is 17.9 Å². The molecule has 2 aromatic carbocycles. The maximum absolute atomic E-state index is 12.6. The van der Waals surface area contributed by atoms with Crippen LogP contribution in [0.15, 0.2) is 60.8 Å². The van der Waals surface area contributed by atoms with Crippen molar-refractivity contribution in [3.05, 3.63) is 66.4 Å². The number of nitriles is 1. The van der Waals surface area contributed by atoms with E-state index < -0.39 is 0 Å². The highest BCUT2D eigenvalue weighted by molar-refractivity contribution is 6.04. The van der Waals surface area contributed by atoms with Crippen molar-refractivity contribution in [1.29, 1.82) is 5.26 Å². The van der Waals surface area contributed by atoms with Crippen molar-refractivity contribution in [2.45, 2.75) is 12.5 Å². The molecule has 4 rings (SSSR count). The molecule has 8 heteroatoms. The molecule has 1 saturated heterocycles. The molecule has 2 heterocycles. The number of fused-ring (bicyclic) bond motifs is 1. The second kappa shape index (κ2) is 10.8. The van der Waals surface area contributed by atoms with Crippen LogP contribution in [0.5, 0.6) is 5.75 Å². The third-order valence-corrected chi connectivity index (χ3v) is 5.31. The summed E-state index contributed by atoms with van der Waals surface area (Å²) in [5.41, 5.74) is 3.01. The third kappa shape index (κ3) is 5.70. The molecule has 34 heavy (non-hydrogen) atoms. The third-order valence-electron chi connectivity index (χ3n) is 5.31. The molecule has 1 unspecified atom stereocenters. The van der Waals surface area contributed by atoms with Crippen molar-refractivity contribution in [1.82, 2.24) is 9.88 Å². The number of ether oxygens (including phenoxy) is 2. The first-order valence-corrected chi connectivity index (χ1v) is 11.1. The molecule has 174 valence electrons. The summed E-state index contributed by atoms with van der Waals surface area (Å²) >= 11 is 0. The summed E-state index contributed by atoms with van der Waals surface area (Å²) < 4.78 is 11.6. The standard InChI is InChI=1S/C26H27N5O3/c1-31(2)11-6-9-25(32)30-23-13-21-22(14-24(23)34-20-10-12-33-17-20)28-16-18(15-27)26(21)29-19-7-4-3-5-8-19/h3-9,13-14,16,20H,10-12,17H2,1-2H3,(H,28,29)(H,30,32). The second-order valence-electron chi connectivity index (χ2n) is 8.27. The zero-order chi connectivity index (χ0) is 23.9. The van der Waals surface area contributed by atoms with Crippen LogP contribution in [0.3, 0.4) is 0 Å². The molecular weight excluding hydrogens is 430 g/mol. The summed E-state index contributed by atoms with van der Waals surface area (Å²) in [6.07, 6.45) is 5.51. The predicted octanol–water partition coefficient (Wildman–Crippen LogP) is 4.07. The fourth-order valence-electron chi connectivity index (χ4n) is 3.63. The van der Waals surface area contributed by atoms with Gasteiger partial charge in [-0.15, -0.1) is 0 Å². The molecule has 0 spiro atoms. The first-order valence-electron chi connectivity index (χ1n) is 11.1. The fraction of sp³-hybridized carbons (Fsp3) is 0.269. The summed E-state index contributed by atoms with van der Waals surface area (Å²) in [7, 11) is 3.87. The van der Waals surface area contributed by atoms with E-state index in [1.54, 1.807) is 18.2 Å². The summed E-state index contributed by atoms with van der Waals surface area (Å²) in [6.45, 7) is 1.78. The molecule has 3 aromatic rings. The van der Waals surface area contributed by atoms with E-state index in [4.69, 9.17) is 9.47 Å². The maximum atomic E-state index is 12.6. The molecule has 0 saturated carbocycles. The Labute approximate surface area is 198 Å². The van der Waals surface area contributed by atoms with E-state index in [2.05, 4.69) is 21.7 Å². The van der Waals surface area contributed by atoms with E-state index in [0.717, 1.165) is 12.1 Å². The van der Waals surface area contributed by atoms with E-state index in [0.29, 0.717) is 53.3 Å². The number of nitrogens with one attached hydrogen (secondary N) is 2. The van der Waals surface area contributed by atoms with E-state index in [1.165, 1.54) is 12.3 Å². The Morgan fingerprint density at radius 1 is 1.32 bits per heavy atom. The SMILES string of the molecule is CN(C)CC=CC(=O)Nc1cc2c(Nc3ccccc3)c(C#N)cnc2cc1OC1CCOC1. The molecule has 8 nitrogen and oxygen atoms in total. The molecule has 1 aliphatic heterocycles. The Balaban J connectivity index is 1.75. The number of rotatable bonds is 8. The lowest BCUT2D eigenvalue weighted by molar-refractivity contribution is -0.111. The number of nitrogens with zero attached hydrogens (tertiary/aromatic N) is 3. The summed E-state index contributed by atoms with van der Waals surface area (Å²) in [5.74, 6) is 0.246. The van der Waals surface area contributed by atoms with Crippen molar-refractivity contribution in [2.75, 3.05) is 44.5 Å². The number of para-hydroxylation sites is 1. The predicted molar refractivity (Wildman–Crippen MR) is 132 cm³/mol. The van der Waals surface area contributed by atoms with E-state index in [-0.39, 0.29) is 12.0 Å². The van der Waals surface area contributed by atoms with Crippen LogP contribution >= 0.6 is 0 Å². The Hall–Kier alpha value is -3.93. The van der Waals surface area contributed by atoms with Gasteiger partial charge in [-0.3, -0.25) is 9.78 Å². The van der Waals surface area contributed by atoms with Gasteiger partial charge in [-0.2, -0.15) is 5.26 Å². The topological polar surface area (TPSA) is 99.5 Å². The number of aromatic nitrogens is 1. The molecule has 1 atom stereocenters. The van der Waals surface area contributed by atoms with Gasteiger partial charge in [-0.1, -0.05) is 24.3 Å². The van der Waals surface area contributed by atoms with Crippen LogP contribution in [0.25, 0.3) is 10.9 Å². The zero-order valence-corrected chi connectivity index (χ0v) is 19.2. The minimum absolute atomic E-state index is 0.0994. The molecule has 1 amide bonds. The van der Waals surface area contributed by atoms with E-state index >= 15 is 0 Å². The van der Waals surface area contributed by atoms with Crippen molar-refractivity contribution in [2.24, 2.45) is 0 Å². The van der Waals surface area contributed by atoms with Crippen LogP contribution in [-0.4, -0.2) is 55.7 Å². The molecule has 1 aliphatic rings. The number of likely N-dealkylation sites (N-methyl/N-ethyl adjacent to an activating group) is 1. The highest BCUT2D eigenvalue weighted by atomic mass is 16.5. The molecule has 0 aliphatic carbocycles. The lowest BCUT2D eigenvalue weighted by Gasteiger charge is -2.18. The van der Waals surface area contributed by atoms with Gasteiger partial charge in [0, 0.05) is 42.4 Å². The van der Waals surface area contributed by atoms with Gasteiger partial charge in [-0.05, 0) is 32.3 Å². The van der Waals surface area contributed by atoms with Gasteiger partial charge in [0.2, 0.25) is 5.91 Å². The Kier molecular flexibility index (Phi) is 7.38. The van der Waals surface area contributed by atoms with Crippen molar-refractivity contribution < 1.29 is 14.3 Å². The normalized spacial score (nSPS) is 15.5. The summed E-state index contributed by atoms with van der Waals surface area (Å²) in [6, 6.07) is 15.4. The molecule has 2 N–H and O–H groups in total. The fourth-order valence-corrected chi connectivity index (χ4v) is 3.63. The highest BCUT2D eigenvalue weighted by Gasteiger charge is 2.21. The summed E-state index contributed by atoms with van der Waals surface area (Å²) in [4.78, 5) is 19.1. The smallest absolute Gasteiger partial charge is 0.248 e. The Morgan fingerprint density at radius 2 is 2.15 bits per heavy atom. The van der Waals surface area contributed by atoms with Gasteiger partial charge >= 0.3 is 0 Å². The lowest BCUT2D eigenvalue weighted by Crippen LogP contribution is -2.18. The van der Waals surface area contributed by atoms with Crippen LogP contribution < -0.4 is 15.4 Å². The number of carbonyl (C=O) groups is 1. The number of hydrogen-bond acceptors (Lipinski definition) is 7. The number of amides is 1. The lowest BCUT2D eigenvalue weighted by atomic mass is 10.1. The molecular formula is C26H27N5O3. The van der Waals surface area contributed by atoms with Gasteiger partial charge in [0.25, 0.3) is 0 Å². The van der Waals surface area contributed by atoms with Crippen molar-refractivity contribution in [3.63, 3.8) is 0 Å². The molecule has 1 fully saturated rings. The minimum atomic E-state index is -0.268. The maximum Gasteiger partial charge on any atom is 0.248 e. The number of pyridine rings is 1. The largest absolute Gasteiger partial charge is 0.486 e. The van der Waals surface area contributed by atoms with Gasteiger partial charge in [0.05, 0.1) is 35.7 Å². The Bertz CT molecular complexity index is 1230. The van der Waals surface area contributed by atoms with Gasteiger partial charge in [0.15, 0.2) is 0 Å². The minimum Gasteiger partial charge on any atom is -0.486 e. The monoisotopic (exact) mass is 457 g/mol. The average molecular weight is 458 g/mol. The van der Waals surface area contributed by atoms with Crippen molar-refractivity contribution in [3.8, 4) is 11.8 Å². The second-order valence-corrected chi connectivity index (χ2v) is 8.27. The van der Waals surface area contributed by atoms with Crippen LogP contribution in [0.1, 0.15) is 12.0 Å². The number of hydrogen-bond donors (Lipinski definition) is 2. The first kappa shape index (κ1) is 23.2. The van der Waals surface area contributed by atoms with E-state index in [1.807, 2.05) is 49.3 Å². The van der Waals surface area contributed by atoms with Gasteiger partial charge < -0.3 is 25.0 Å². The molecule has 0 bridgehead atoms. The number of carbonyl (C=O) groups excluding carboxylic acids is 1.